The van der Waals surface area contributed by atoms with Crippen LogP contribution in [-0.4, -0.2) is 35.9 Å². The zero-order valence-corrected chi connectivity index (χ0v) is 15.4. The van der Waals surface area contributed by atoms with E-state index in [1.807, 2.05) is 30.5 Å². The molecule has 1 heterocycles. The second kappa shape index (κ2) is 6.17. The van der Waals surface area contributed by atoms with Crippen molar-refractivity contribution < 1.29 is 9.18 Å². The van der Waals surface area contributed by atoms with E-state index in [4.69, 9.17) is 5.84 Å². The van der Waals surface area contributed by atoms with Gasteiger partial charge in [-0.1, -0.05) is 0 Å². The fourth-order valence-corrected chi connectivity index (χ4v) is 3.33. The van der Waals surface area contributed by atoms with E-state index in [0.717, 1.165) is 14.8 Å². The Kier molecular flexibility index (Phi) is 4.35. The van der Waals surface area contributed by atoms with Crippen LogP contribution in [0.2, 0.25) is 0 Å². The largest absolute Gasteiger partial charge is 0.355 e. The van der Waals surface area contributed by atoms with Crippen molar-refractivity contribution >= 4 is 39.9 Å². The molecule has 3 rings (SSSR count). The van der Waals surface area contributed by atoms with Gasteiger partial charge in [-0.3, -0.25) is 15.2 Å². The Balaban J connectivity index is 2.03. The van der Waals surface area contributed by atoms with Gasteiger partial charge in [-0.05, 0) is 65.4 Å². The zero-order valence-electron chi connectivity index (χ0n) is 13.2. The molecule has 1 aliphatic heterocycles. The number of nitrogens with two attached hydrogens (primary N) is 1. The molecule has 1 atom stereocenters. The lowest BCUT2D eigenvalue weighted by Gasteiger charge is -2.30. The lowest BCUT2D eigenvalue weighted by atomic mass is 9.91. The van der Waals surface area contributed by atoms with Gasteiger partial charge in [0, 0.05) is 16.3 Å². The molecule has 0 saturated carbocycles. The SMILES string of the molecule is Cc1cc(I)ccc1NC1=CC2=NCN(C)C2=CC1(F)C(=O)NN. The third-order valence-electron chi connectivity index (χ3n) is 4.05. The molecule has 1 unspecified atom stereocenters. The number of hydrogen-bond donors (Lipinski definition) is 3. The zero-order chi connectivity index (χ0) is 17.5. The molecule has 0 spiro atoms. The summed E-state index contributed by atoms with van der Waals surface area (Å²) in [5, 5.41) is 3.03. The highest BCUT2D eigenvalue weighted by Gasteiger charge is 2.45. The molecule has 1 aliphatic carbocycles. The number of carbonyl (C=O) groups is 1. The minimum atomic E-state index is -2.39. The van der Waals surface area contributed by atoms with Gasteiger partial charge in [0.1, 0.15) is 6.67 Å². The first-order valence-corrected chi connectivity index (χ1v) is 8.37. The summed E-state index contributed by atoms with van der Waals surface area (Å²) in [6.45, 7) is 2.34. The van der Waals surface area contributed by atoms with Crippen LogP contribution in [0.1, 0.15) is 5.56 Å². The van der Waals surface area contributed by atoms with Crippen LogP contribution in [0.15, 0.2) is 46.7 Å². The van der Waals surface area contributed by atoms with Crippen LogP contribution in [0.3, 0.4) is 0 Å². The molecule has 1 amide bonds. The van der Waals surface area contributed by atoms with Gasteiger partial charge in [0.2, 0.25) is 5.67 Å². The van der Waals surface area contributed by atoms with Crippen molar-refractivity contribution in [2.24, 2.45) is 10.8 Å². The molecule has 0 saturated heterocycles. The van der Waals surface area contributed by atoms with Crippen molar-refractivity contribution in [2.45, 2.75) is 12.6 Å². The van der Waals surface area contributed by atoms with Crippen molar-refractivity contribution in [3.63, 3.8) is 0 Å². The van der Waals surface area contributed by atoms with E-state index in [1.54, 1.807) is 18.0 Å². The van der Waals surface area contributed by atoms with Gasteiger partial charge >= 0.3 is 0 Å². The van der Waals surface area contributed by atoms with Crippen molar-refractivity contribution in [3.05, 3.63) is 50.9 Å². The number of hydrazine groups is 1. The summed E-state index contributed by atoms with van der Waals surface area (Å²) in [4.78, 5) is 18.2. The molecule has 126 valence electrons. The highest BCUT2D eigenvalue weighted by molar-refractivity contribution is 14.1. The number of hydrogen-bond acceptors (Lipinski definition) is 5. The number of carbonyl (C=O) groups excluding carboxylic acids is 1. The minimum absolute atomic E-state index is 0.0903. The van der Waals surface area contributed by atoms with Crippen LogP contribution in [0.4, 0.5) is 10.1 Å². The van der Waals surface area contributed by atoms with Crippen LogP contribution < -0.4 is 16.6 Å². The summed E-state index contributed by atoms with van der Waals surface area (Å²) in [5.74, 6) is 4.26. The van der Waals surface area contributed by atoms with Gasteiger partial charge in [0.25, 0.3) is 5.91 Å². The molecule has 4 N–H and O–H groups in total. The van der Waals surface area contributed by atoms with Gasteiger partial charge in [-0.15, -0.1) is 0 Å². The van der Waals surface area contributed by atoms with E-state index < -0.39 is 11.6 Å². The number of aliphatic imine (C=N–C) groups is 1. The number of amides is 1. The Bertz CT molecular complexity index is 804. The summed E-state index contributed by atoms with van der Waals surface area (Å²) in [7, 11) is 1.79. The molecule has 0 fully saturated rings. The molecule has 2 aliphatic rings. The Morgan fingerprint density at radius 1 is 1.50 bits per heavy atom. The average Bonchev–Trinajstić information content (AvgIpc) is 2.89. The Hall–Kier alpha value is -1.94. The predicted octanol–water partition coefficient (Wildman–Crippen LogP) is 1.84. The quantitative estimate of drug-likeness (QED) is 0.290. The summed E-state index contributed by atoms with van der Waals surface area (Å²) >= 11 is 2.21. The summed E-state index contributed by atoms with van der Waals surface area (Å²) < 4.78 is 16.6. The Morgan fingerprint density at radius 3 is 2.92 bits per heavy atom. The highest BCUT2D eigenvalue weighted by atomic mass is 127. The van der Waals surface area contributed by atoms with E-state index >= 15 is 4.39 Å². The van der Waals surface area contributed by atoms with Crippen LogP contribution in [0.25, 0.3) is 0 Å². The van der Waals surface area contributed by atoms with E-state index in [1.165, 1.54) is 6.08 Å². The summed E-state index contributed by atoms with van der Waals surface area (Å²) in [6, 6.07) is 5.72. The van der Waals surface area contributed by atoms with Crippen LogP contribution in [0.5, 0.6) is 0 Å². The number of alkyl halides is 1. The lowest BCUT2D eigenvalue weighted by Crippen LogP contribution is -2.50. The number of allylic oxidation sites excluding steroid dienone is 1. The number of rotatable bonds is 3. The number of fused-ring (bicyclic) bond motifs is 1. The van der Waals surface area contributed by atoms with Crippen molar-refractivity contribution in [1.29, 1.82) is 0 Å². The highest BCUT2D eigenvalue weighted by Crippen LogP contribution is 2.34. The number of nitrogens with zero attached hydrogens (tertiary/aromatic N) is 2. The molecule has 1 aromatic rings. The fourth-order valence-electron chi connectivity index (χ4n) is 2.68. The fraction of sp³-hybridized carbons (Fsp3) is 0.250. The molecule has 6 nitrogen and oxygen atoms in total. The number of aryl methyl sites for hydroxylation is 1. The lowest BCUT2D eigenvalue weighted by molar-refractivity contribution is -0.128. The monoisotopic (exact) mass is 441 g/mol. The second-order valence-electron chi connectivity index (χ2n) is 5.74. The van der Waals surface area contributed by atoms with Crippen molar-refractivity contribution in [1.82, 2.24) is 10.3 Å². The van der Waals surface area contributed by atoms with Gasteiger partial charge in [0.15, 0.2) is 0 Å². The van der Waals surface area contributed by atoms with Gasteiger partial charge in [0.05, 0.1) is 17.1 Å². The smallest absolute Gasteiger partial charge is 0.281 e. The molecular weight excluding hydrogens is 424 g/mol. The summed E-state index contributed by atoms with van der Waals surface area (Å²) in [5.41, 5.74) is 2.49. The van der Waals surface area contributed by atoms with Crippen molar-refractivity contribution in [2.75, 3.05) is 19.0 Å². The maximum Gasteiger partial charge on any atom is 0.281 e. The van der Waals surface area contributed by atoms with Crippen LogP contribution in [0, 0.1) is 10.5 Å². The van der Waals surface area contributed by atoms with Crippen LogP contribution in [-0.2, 0) is 4.79 Å². The van der Waals surface area contributed by atoms with Gasteiger partial charge in [-0.25, -0.2) is 10.2 Å². The Labute approximate surface area is 152 Å². The maximum atomic E-state index is 15.6. The van der Waals surface area contributed by atoms with Crippen molar-refractivity contribution in [3.8, 4) is 0 Å². The molecule has 0 radical (unpaired) electrons. The topological polar surface area (TPSA) is 82.8 Å². The molecule has 0 aromatic heterocycles. The molecular formula is C16H17FIN5O. The standard InChI is InChI=1S/C16H17FIN5O/c1-9-5-10(18)3-4-11(9)21-14-6-12-13(23(2)8-20-12)7-16(14,17)15(24)22-19/h3-7,21H,8,19H2,1-2H3,(H,22,24). The number of anilines is 1. The predicted molar refractivity (Wildman–Crippen MR) is 99.9 cm³/mol. The summed E-state index contributed by atoms with van der Waals surface area (Å²) in [6.07, 6.45) is 2.82. The number of benzene rings is 1. The first kappa shape index (κ1) is 16.9. The molecule has 8 heteroatoms. The number of halogens is 2. The minimum Gasteiger partial charge on any atom is -0.355 e. The van der Waals surface area contributed by atoms with E-state index in [9.17, 15) is 4.79 Å². The van der Waals surface area contributed by atoms with Crippen LogP contribution >= 0.6 is 22.6 Å². The molecule has 24 heavy (non-hydrogen) atoms. The van der Waals surface area contributed by atoms with Gasteiger partial charge < -0.3 is 10.2 Å². The molecule has 0 bridgehead atoms. The second-order valence-corrected chi connectivity index (χ2v) is 6.99. The third kappa shape index (κ3) is 2.80. The first-order valence-electron chi connectivity index (χ1n) is 7.29. The first-order chi connectivity index (χ1) is 11.3. The maximum absolute atomic E-state index is 15.6. The van der Waals surface area contributed by atoms with E-state index in [2.05, 4.69) is 32.9 Å². The van der Waals surface area contributed by atoms with E-state index in [0.29, 0.717) is 18.1 Å². The van der Waals surface area contributed by atoms with Gasteiger partial charge in [-0.2, -0.15) is 0 Å². The average molecular weight is 441 g/mol. The Morgan fingerprint density at radius 2 is 2.25 bits per heavy atom. The van der Waals surface area contributed by atoms with E-state index in [-0.39, 0.29) is 5.70 Å². The molecule has 1 aromatic carbocycles. The normalized spacial score (nSPS) is 22.4. The third-order valence-corrected chi connectivity index (χ3v) is 4.73. The number of nitrogens with one attached hydrogen (secondary N) is 2.